The molecule has 0 N–H and O–H groups in total. The fraction of sp³-hybridized carbons (Fsp3) is 1.00. The maximum absolute atomic E-state index is 2.62. The largest absolute Gasteiger partial charge is 0.294 e. The van der Waals surface area contributed by atoms with Gasteiger partial charge in [0.15, 0.2) is 0 Å². The average molecular weight is 151 g/mol. The normalized spacial score (nSPS) is 71.7. The first kappa shape index (κ1) is 6.47. The molecular formula is C10H17N. The van der Waals surface area contributed by atoms with E-state index in [1.165, 1.54) is 12.8 Å². The van der Waals surface area contributed by atoms with Gasteiger partial charge in [-0.25, -0.2) is 0 Å². The van der Waals surface area contributed by atoms with Crippen LogP contribution in [-0.4, -0.2) is 23.5 Å². The maximum Gasteiger partial charge on any atom is 0.0396 e. The van der Waals surface area contributed by atoms with Gasteiger partial charge in [0.25, 0.3) is 0 Å². The molecule has 1 saturated heterocycles. The molecule has 11 heavy (non-hydrogen) atoms. The van der Waals surface area contributed by atoms with Crippen molar-refractivity contribution in [2.45, 2.75) is 38.3 Å². The lowest BCUT2D eigenvalue weighted by Gasteiger charge is -2.51. The Morgan fingerprint density at radius 3 is 2.64 bits per heavy atom. The quantitative estimate of drug-likeness (QED) is 0.476. The van der Waals surface area contributed by atoms with Crippen molar-refractivity contribution < 1.29 is 0 Å². The summed E-state index contributed by atoms with van der Waals surface area (Å²) in [5.74, 6) is 3.07. The van der Waals surface area contributed by atoms with Crippen LogP contribution in [0.5, 0.6) is 0 Å². The number of fused-ring (bicyclic) bond motifs is 1. The minimum absolute atomic E-state index is 0.719. The molecule has 2 bridgehead atoms. The van der Waals surface area contributed by atoms with Gasteiger partial charge in [-0.05, 0) is 37.6 Å². The van der Waals surface area contributed by atoms with Crippen LogP contribution in [0.4, 0.5) is 0 Å². The number of rotatable bonds is 0. The van der Waals surface area contributed by atoms with Gasteiger partial charge in [-0.2, -0.15) is 0 Å². The molecule has 4 rings (SSSR count). The smallest absolute Gasteiger partial charge is 0.0396 e. The molecule has 3 aliphatic carbocycles. The summed E-state index contributed by atoms with van der Waals surface area (Å²) in [4.78, 5) is 2.62. The van der Waals surface area contributed by atoms with Crippen molar-refractivity contribution in [3.05, 3.63) is 0 Å². The summed E-state index contributed by atoms with van der Waals surface area (Å²) in [5.41, 5.74) is 0.719. The van der Waals surface area contributed by atoms with Gasteiger partial charge in [-0.1, -0.05) is 13.8 Å². The molecule has 1 heterocycles. The highest BCUT2D eigenvalue weighted by molar-refractivity contribution is 5.29. The predicted molar refractivity (Wildman–Crippen MR) is 45.3 cm³/mol. The molecule has 1 aliphatic heterocycles. The molecule has 4 fully saturated rings. The van der Waals surface area contributed by atoms with E-state index in [0.717, 1.165) is 29.3 Å². The fourth-order valence-corrected chi connectivity index (χ4v) is 4.01. The van der Waals surface area contributed by atoms with Crippen LogP contribution in [0.15, 0.2) is 0 Å². The molecular weight excluding hydrogens is 134 g/mol. The zero-order valence-corrected chi connectivity index (χ0v) is 7.67. The zero-order chi connectivity index (χ0) is 7.80. The molecule has 1 nitrogen and oxygen atoms in total. The molecule has 6 atom stereocenters. The highest BCUT2D eigenvalue weighted by atomic mass is 15.4. The van der Waals surface area contributed by atoms with E-state index >= 15 is 0 Å². The van der Waals surface area contributed by atoms with Crippen molar-refractivity contribution in [2.75, 3.05) is 7.05 Å². The van der Waals surface area contributed by atoms with Gasteiger partial charge in [-0.3, -0.25) is 4.90 Å². The van der Waals surface area contributed by atoms with Crippen molar-refractivity contribution in [1.82, 2.24) is 4.90 Å². The van der Waals surface area contributed by atoms with Crippen LogP contribution in [0, 0.1) is 17.8 Å². The third-order valence-electron chi connectivity index (χ3n) is 4.95. The molecule has 0 aromatic rings. The molecule has 0 aromatic heterocycles. The monoisotopic (exact) mass is 151 g/mol. The summed E-state index contributed by atoms with van der Waals surface area (Å²) in [6.45, 7) is 4.90. The van der Waals surface area contributed by atoms with Crippen LogP contribution in [0.3, 0.4) is 0 Å². The van der Waals surface area contributed by atoms with Crippen LogP contribution in [0.25, 0.3) is 0 Å². The Balaban J connectivity index is 1.95. The Bertz CT molecular complexity index is 209. The first-order chi connectivity index (χ1) is 5.18. The average Bonchev–Trinajstić information content (AvgIpc) is 2.58. The Morgan fingerprint density at radius 2 is 2.09 bits per heavy atom. The second-order valence-electron chi connectivity index (χ2n) is 4.99. The lowest BCUT2D eigenvalue weighted by Crippen LogP contribution is -2.52. The highest BCUT2D eigenvalue weighted by Gasteiger charge is 2.74. The molecule has 0 aromatic carbocycles. The van der Waals surface area contributed by atoms with Crippen LogP contribution in [0.2, 0.25) is 0 Å². The lowest BCUT2D eigenvalue weighted by molar-refractivity contribution is 0.0201. The van der Waals surface area contributed by atoms with E-state index in [1.807, 2.05) is 0 Å². The topological polar surface area (TPSA) is 3.01 Å². The summed E-state index contributed by atoms with van der Waals surface area (Å²) in [6, 6.07) is 0.970. The van der Waals surface area contributed by atoms with E-state index in [9.17, 15) is 0 Å². The van der Waals surface area contributed by atoms with Gasteiger partial charge >= 0.3 is 0 Å². The minimum atomic E-state index is 0.719. The van der Waals surface area contributed by atoms with E-state index in [4.69, 9.17) is 0 Å². The molecule has 6 unspecified atom stereocenters. The predicted octanol–water partition coefficient (Wildman–Crippen LogP) is 1.74. The van der Waals surface area contributed by atoms with Crippen molar-refractivity contribution >= 4 is 0 Å². The summed E-state index contributed by atoms with van der Waals surface area (Å²) in [7, 11) is 2.31. The molecule has 1 heteroatoms. The number of hydrogen-bond acceptors (Lipinski definition) is 1. The van der Waals surface area contributed by atoms with Crippen LogP contribution < -0.4 is 0 Å². The molecule has 62 valence electrons. The Labute approximate surface area is 68.8 Å². The van der Waals surface area contributed by atoms with Crippen LogP contribution in [0.1, 0.15) is 26.7 Å². The Kier molecular flexibility index (Phi) is 0.893. The number of likely N-dealkylation sites (N-methyl/N-ethyl adjacent to an activating group) is 1. The molecule has 0 radical (unpaired) electrons. The second kappa shape index (κ2) is 1.52. The standard InChI is InChI=1S/C10H17N/c1-6-4-9-10(11(9)3)5-8(6)7(10)2/h6-9H,4-5H2,1-3H3. The maximum atomic E-state index is 2.62. The lowest BCUT2D eigenvalue weighted by atomic mass is 9.53. The zero-order valence-electron chi connectivity index (χ0n) is 7.67. The summed E-state index contributed by atoms with van der Waals surface area (Å²) < 4.78 is 0. The summed E-state index contributed by atoms with van der Waals surface area (Å²) in [6.07, 6.45) is 2.99. The van der Waals surface area contributed by atoms with E-state index in [0.29, 0.717) is 0 Å². The number of likely N-dealkylation sites (tertiary alicyclic amines) is 1. The third-order valence-corrected chi connectivity index (χ3v) is 4.95. The van der Waals surface area contributed by atoms with Crippen molar-refractivity contribution in [1.29, 1.82) is 0 Å². The number of hydrogen-bond donors (Lipinski definition) is 0. The van der Waals surface area contributed by atoms with E-state index in [1.54, 1.807) is 0 Å². The van der Waals surface area contributed by atoms with E-state index in [2.05, 4.69) is 25.8 Å². The van der Waals surface area contributed by atoms with Gasteiger partial charge < -0.3 is 0 Å². The van der Waals surface area contributed by atoms with Gasteiger partial charge in [0, 0.05) is 11.6 Å². The first-order valence-electron chi connectivity index (χ1n) is 4.91. The second-order valence-corrected chi connectivity index (χ2v) is 4.99. The molecule has 3 saturated carbocycles. The van der Waals surface area contributed by atoms with Gasteiger partial charge in [-0.15, -0.1) is 0 Å². The van der Waals surface area contributed by atoms with Crippen molar-refractivity contribution in [3.63, 3.8) is 0 Å². The summed E-state index contributed by atoms with van der Waals surface area (Å²) in [5, 5.41) is 0. The van der Waals surface area contributed by atoms with E-state index in [-0.39, 0.29) is 0 Å². The summed E-state index contributed by atoms with van der Waals surface area (Å²) >= 11 is 0. The molecule has 4 aliphatic rings. The molecule has 1 spiro atoms. The van der Waals surface area contributed by atoms with Crippen molar-refractivity contribution in [2.24, 2.45) is 17.8 Å². The van der Waals surface area contributed by atoms with Gasteiger partial charge in [0.05, 0.1) is 0 Å². The van der Waals surface area contributed by atoms with Crippen LogP contribution >= 0.6 is 0 Å². The Morgan fingerprint density at radius 1 is 1.36 bits per heavy atom. The van der Waals surface area contributed by atoms with Crippen molar-refractivity contribution in [3.8, 4) is 0 Å². The van der Waals surface area contributed by atoms with Gasteiger partial charge in [0.2, 0.25) is 0 Å². The molecule has 0 amide bonds. The minimum Gasteiger partial charge on any atom is -0.294 e. The Hall–Kier alpha value is -0.0400. The van der Waals surface area contributed by atoms with Crippen LogP contribution in [-0.2, 0) is 0 Å². The third kappa shape index (κ3) is 0.462. The fourth-order valence-electron chi connectivity index (χ4n) is 4.01. The van der Waals surface area contributed by atoms with E-state index < -0.39 is 0 Å². The number of nitrogens with zero attached hydrogens (tertiary/aromatic N) is 1. The SMILES string of the molecule is CC1CC2N(C)C23CC1C3C. The highest BCUT2D eigenvalue weighted by Crippen LogP contribution is 2.68. The first-order valence-corrected chi connectivity index (χ1v) is 4.91. The van der Waals surface area contributed by atoms with Gasteiger partial charge in [0.1, 0.15) is 0 Å².